The molecule has 1 aliphatic carbocycles. The van der Waals surface area contributed by atoms with Crippen molar-refractivity contribution in [2.45, 2.75) is 63.4 Å². The molecule has 3 aliphatic rings. The average molecular weight is 905 g/mol. The van der Waals surface area contributed by atoms with E-state index < -0.39 is 47.4 Å². The Kier molecular flexibility index (Phi) is 15.8. The highest BCUT2D eigenvalue weighted by Gasteiger charge is 2.45. The van der Waals surface area contributed by atoms with E-state index in [1.54, 1.807) is 55.0 Å². The highest BCUT2D eigenvalue weighted by molar-refractivity contribution is 7.16. The van der Waals surface area contributed by atoms with E-state index in [2.05, 4.69) is 36.6 Å². The number of amides is 5. The number of halogens is 1. The monoisotopic (exact) mass is 904 g/mol. The SMILES string of the molecule is CC(C)(OCCOCCOCCOCCOCCNc1cccc2c1C(=O)N(C1CCC(=O)NC1=O)C2=O)C(F)CNC(=O)c1cnc(Nc2ccc3ncsc3c2)cc1NC1CC1. The molecule has 2 aromatic carbocycles. The lowest BCUT2D eigenvalue weighted by atomic mass is 10.0. The Bertz CT molecular complexity index is 2310. The zero-order valence-corrected chi connectivity index (χ0v) is 36.6. The Hall–Kier alpha value is -5.64. The van der Waals surface area contributed by atoms with Gasteiger partial charge in [-0.05, 0) is 63.4 Å². The number of nitrogens with one attached hydrogen (secondary N) is 5. The molecule has 2 aromatic heterocycles. The normalized spacial score (nSPS) is 16.8. The standard InChI is InChI=1S/C44H53FN8O10S/c1-44(2,36(45)25-48-40(55)30-24-47-37(23-33(30)50-27-6-7-27)51-28-8-9-31-35(22-28)64-26-49-31)63-21-20-62-19-18-61-17-16-60-15-14-59-13-12-46-32-5-3-4-29-39(32)43(58)53(42(29)57)34-10-11-38(54)52-41(34)56/h3-5,8-9,22-24,26-27,34,36,46H,6-7,10-21,25H2,1-2H3,(H,48,55)(H2,47,50,51)(H,52,54,56). The number of fused-ring (bicyclic) bond motifs is 2. The highest BCUT2D eigenvalue weighted by atomic mass is 32.1. The van der Waals surface area contributed by atoms with E-state index in [4.69, 9.17) is 23.7 Å². The summed E-state index contributed by atoms with van der Waals surface area (Å²) in [6.45, 7) is 6.08. The number of thiazole rings is 1. The lowest BCUT2D eigenvalue weighted by Crippen LogP contribution is -2.54. The van der Waals surface area contributed by atoms with Crippen LogP contribution in [-0.2, 0) is 33.3 Å². The molecule has 7 rings (SSSR count). The molecule has 20 heteroatoms. The van der Waals surface area contributed by atoms with Gasteiger partial charge in [-0.3, -0.25) is 34.2 Å². The molecule has 2 unspecified atom stereocenters. The van der Waals surface area contributed by atoms with Crippen LogP contribution in [0.2, 0.25) is 0 Å². The number of aromatic nitrogens is 2. The Labute approximate surface area is 373 Å². The van der Waals surface area contributed by atoms with Gasteiger partial charge >= 0.3 is 0 Å². The second-order valence-corrected chi connectivity index (χ2v) is 16.8. The topological polar surface area (TPSA) is 221 Å². The van der Waals surface area contributed by atoms with Crippen LogP contribution in [0.4, 0.5) is 27.3 Å². The fraction of sp³-hybridized carbons (Fsp3) is 0.477. The molecule has 1 saturated carbocycles. The number of carbonyl (C=O) groups excluding carboxylic acids is 5. The number of nitrogens with zero attached hydrogens (tertiary/aromatic N) is 3. The van der Waals surface area contributed by atoms with Gasteiger partial charge < -0.3 is 45.0 Å². The van der Waals surface area contributed by atoms with Gasteiger partial charge in [0, 0.05) is 42.6 Å². The van der Waals surface area contributed by atoms with Gasteiger partial charge in [0.1, 0.15) is 18.0 Å². The number of benzene rings is 2. The van der Waals surface area contributed by atoms with E-state index in [0.29, 0.717) is 75.5 Å². The van der Waals surface area contributed by atoms with Crippen molar-refractivity contribution in [3.05, 3.63) is 70.9 Å². The molecule has 2 atom stereocenters. The Balaban J connectivity index is 0.702. The first-order valence-corrected chi connectivity index (χ1v) is 22.2. The lowest BCUT2D eigenvalue weighted by Gasteiger charge is -2.29. The van der Waals surface area contributed by atoms with Gasteiger partial charge in [-0.15, -0.1) is 11.3 Å². The van der Waals surface area contributed by atoms with E-state index in [0.717, 1.165) is 33.6 Å². The molecule has 1 saturated heterocycles. The zero-order chi connectivity index (χ0) is 45.1. The molecule has 4 heterocycles. The van der Waals surface area contributed by atoms with Crippen LogP contribution in [0.3, 0.4) is 0 Å². The smallest absolute Gasteiger partial charge is 0.264 e. The van der Waals surface area contributed by atoms with E-state index in [9.17, 15) is 24.0 Å². The maximum Gasteiger partial charge on any atom is 0.264 e. The second-order valence-electron chi connectivity index (χ2n) is 15.9. The van der Waals surface area contributed by atoms with Crippen LogP contribution in [0.15, 0.2) is 54.2 Å². The lowest BCUT2D eigenvalue weighted by molar-refractivity contribution is -0.136. The second kappa shape index (κ2) is 21.8. The van der Waals surface area contributed by atoms with Gasteiger partial charge in [0.2, 0.25) is 11.8 Å². The van der Waals surface area contributed by atoms with Crippen molar-refractivity contribution in [2.75, 3.05) is 88.5 Å². The van der Waals surface area contributed by atoms with Crippen molar-refractivity contribution < 1.29 is 52.0 Å². The van der Waals surface area contributed by atoms with Gasteiger partial charge in [0.05, 0.1) is 110 Å². The van der Waals surface area contributed by atoms with E-state index in [-0.39, 0.29) is 49.8 Å². The molecular formula is C44H53FN8O10S. The van der Waals surface area contributed by atoms with Crippen molar-refractivity contribution in [2.24, 2.45) is 0 Å². The number of rotatable bonds is 26. The Morgan fingerprint density at radius 2 is 1.61 bits per heavy atom. The first kappa shape index (κ1) is 46.4. The molecule has 64 heavy (non-hydrogen) atoms. The summed E-state index contributed by atoms with van der Waals surface area (Å²) in [6, 6.07) is 11.8. The van der Waals surface area contributed by atoms with Crippen LogP contribution in [0.5, 0.6) is 0 Å². The first-order valence-electron chi connectivity index (χ1n) is 21.3. The number of hydrogen-bond acceptors (Lipinski definition) is 16. The Morgan fingerprint density at radius 1 is 0.891 bits per heavy atom. The number of hydrogen-bond donors (Lipinski definition) is 5. The number of anilines is 4. The minimum atomic E-state index is -1.49. The molecule has 0 spiro atoms. The predicted octanol–water partition coefficient (Wildman–Crippen LogP) is 4.45. The zero-order valence-electron chi connectivity index (χ0n) is 35.7. The number of alkyl halides is 1. The van der Waals surface area contributed by atoms with Crippen molar-refractivity contribution in [3.63, 3.8) is 0 Å². The largest absolute Gasteiger partial charge is 0.382 e. The van der Waals surface area contributed by atoms with E-state index in [1.807, 2.05) is 18.2 Å². The number of carbonyl (C=O) groups is 5. The van der Waals surface area contributed by atoms with E-state index >= 15 is 4.39 Å². The van der Waals surface area contributed by atoms with E-state index in [1.165, 1.54) is 6.20 Å². The average Bonchev–Trinajstić information content (AvgIpc) is 3.90. The van der Waals surface area contributed by atoms with Gasteiger partial charge in [0.25, 0.3) is 17.7 Å². The quantitative estimate of drug-likeness (QED) is 0.0434. The summed E-state index contributed by atoms with van der Waals surface area (Å²) in [7, 11) is 0. The number of imide groups is 2. The van der Waals surface area contributed by atoms with Gasteiger partial charge in [-0.1, -0.05) is 6.07 Å². The maximum atomic E-state index is 15.4. The summed E-state index contributed by atoms with van der Waals surface area (Å²) in [5.74, 6) is -2.09. The summed E-state index contributed by atoms with van der Waals surface area (Å²) in [5, 5.41) is 14.7. The number of pyridine rings is 1. The summed E-state index contributed by atoms with van der Waals surface area (Å²) in [6.07, 6.45) is 2.16. The van der Waals surface area contributed by atoms with Gasteiger partial charge in [-0.25, -0.2) is 14.4 Å². The van der Waals surface area contributed by atoms with Crippen LogP contribution in [0.1, 0.15) is 70.6 Å². The van der Waals surface area contributed by atoms with Crippen molar-refractivity contribution in [1.29, 1.82) is 0 Å². The molecule has 2 aliphatic heterocycles. The number of ether oxygens (including phenoxy) is 5. The maximum absolute atomic E-state index is 15.4. The minimum Gasteiger partial charge on any atom is -0.382 e. The van der Waals surface area contributed by atoms with Crippen LogP contribution >= 0.6 is 11.3 Å². The van der Waals surface area contributed by atoms with Gasteiger partial charge in [-0.2, -0.15) is 0 Å². The molecular weight excluding hydrogens is 852 g/mol. The summed E-state index contributed by atoms with van der Waals surface area (Å²) >= 11 is 1.55. The minimum absolute atomic E-state index is 0.0507. The molecule has 0 bridgehead atoms. The molecule has 18 nitrogen and oxygen atoms in total. The summed E-state index contributed by atoms with van der Waals surface area (Å²) in [5.41, 5.74) is 4.20. The molecule has 5 amide bonds. The summed E-state index contributed by atoms with van der Waals surface area (Å²) in [4.78, 5) is 73.1. The highest BCUT2D eigenvalue weighted by Crippen LogP contribution is 2.33. The van der Waals surface area contributed by atoms with Crippen LogP contribution in [0.25, 0.3) is 10.2 Å². The molecule has 4 aromatic rings. The Morgan fingerprint density at radius 3 is 2.33 bits per heavy atom. The first-order chi connectivity index (χ1) is 31.0. The third-order valence-electron chi connectivity index (χ3n) is 10.7. The summed E-state index contributed by atoms with van der Waals surface area (Å²) < 4.78 is 44.5. The van der Waals surface area contributed by atoms with Gasteiger partial charge in [0.15, 0.2) is 0 Å². The van der Waals surface area contributed by atoms with Crippen molar-refractivity contribution >= 4 is 74.0 Å². The molecule has 2 fully saturated rings. The third-order valence-corrected chi connectivity index (χ3v) is 11.5. The molecule has 0 radical (unpaired) electrons. The van der Waals surface area contributed by atoms with Crippen molar-refractivity contribution in [3.8, 4) is 0 Å². The van der Waals surface area contributed by atoms with Crippen molar-refractivity contribution in [1.82, 2.24) is 25.5 Å². The molecule has 5 N–H and O–H groups in total. The van der Waals surface area contributed by atoms with Crippen LogP contribution in [-0.4, -0.2) is 141 Å². The van der Waals surface area contributed by atoms with Crippen LogP contribution in [0, 0.1) is 0 Å². The number of piperidine rings is 1. The third kappa shape index (κ3) is 12.1. The predicted molar refractivity (Wildman–Crippen MR) is 236 cm³/mol. The molecule has 342 valence electrons. The fourth-order valence-corrected chi connectivity index (χ4v) is 7.73. The van der Waals surface area contributed by atoms with Crippen LogP contribution < -0.4 is 26.6 Å². The fourth-order valence-electron chi connectivity index (χ4n) is 7.01.